The Bertz CT molecular complexity index is 788. The summed E-state index contributed by atoms with van der Waals surface area (Å²) in [5.74, 6) is -0.505. The molecule has 6 nitrogen and oxygen atoms in total. The zero-order valence-electron chi connectivity index (χ0n) is 13.7. The van der Waals surface area contributed by atoms with Gasteiger partial charge < -0.3 is 9.47 Å². The fourth-order valence-electron chi connectivity index (χ4n) is 1.96. The van der Waals surface area contributed by atoms with Gasteiger partial charge in [-0.2, -0.15) is 0 Å². The molecule has 0 aliphatic rings. The Morgan fingerprint density at radius 3 is 2.28 bits per heavy atom. The molecule has 0 unspecified atom stereocenters. The average molecular weight is 344 g/mol. The molecule has 0 aromatic heterocycles. The molecule has 0 aliphatic carbocycles. The number of hydrogen-bond donors (Lipinski definition) is 2. The van der Waals surface area contributed by atoms with Crippen LogP contribution in [0.1, 0.15) is 15.9 Å². The number of hydrogen-bond acceptors (Lipinski definition) is 4. The number of nitrogens with one attached hydrogen (secondary N) is 2. The Morgan fingerprint density at radius 2 is 1.64 bits per heavy atom. The van der Waals surface area contributed by atoms with Gasteiger partial charge in [-0.15, -0.1) is 0 Å². The molecule has 0 spiro atoms. The van der Waals surface area contributed by atoms with Crippen molar-refractivity contribution in [3.63, 3.8) is 0 Å². The average Bonchev–Trinajstić information content (AvgIpc) is 2.64. The quantitative estimate of drug-likeness (QED) is 0.645. The molecule has 0 fully saturated rings. The summed E-state index contributed by atoms with van der Waals surface area (Å²) in [6.45, 7) is 0. The number of benzene rings is 2. The fourth-order valence-corrected chi connectivity index (χ4v) is 1.96. The third-order valence-corrected chi connectivity index (χ3v) is 3.24. The predicted octanol–water partition coefficient (Wildman–Crippen LogP) is 2.32. The third kappa shape index (κ3) is 5.07. The van der Waals surface area contributed by atoms with E-state index in [9.17, 15) is 14.0 Å². The van der Waals surface area contributed by atoms with Gasteiger partial charge in [0.2, 0.25) is 0 Å². The smallest absolute Gasteiger partial charge is 0.269 e. The van der Waals surface area contributed by atoms with Crippen LogP contribution in [0, 0.1) is 5.82 Å². The van der Waals surface area contributed by atoms with E-state index in [0.29, 0.717) is 22.6 Å². The highest BCUT2D eigenvalue weighted by Crippen LogP contribution is 2.27. The van der Waals surface area contributed by atoms with E-state index in [-0.39, 0.29) is 5.82 Å². The van der Waals surface area contributed by atoms with Crippen LogP contribution in [0.25, 0.3) is 6.08 Å². The minimum Gasteiger partial charge on any atom is -0.493 e. The second kappa shape index (κ2) is 8.49. The van der Waals surface area contributed by atoms with Crippen LogP contribution in [-0.2, 0) is 4.79 Å². The molecule has 0 heterocycles. The van der Waals surface area contributed by atoms with Crippen LogP contribution in [-0.4, -0.2) is 26.0 Å². The van der Waals surface area contributed by atoms with Crippen molar-refractivity contribution >= 4 is 17.9 Å². The highest BCUT2D eigenvalue weighted by Gasteiger charge is 2.10. The van der Waals surface area contributed by atoms with Crippen molar-refractivity contribution in [3.05, 3.63) is 65.5 Å². The summed E-state index contributed by atoms with van der Waals surface area (Å²) >= 11 is 0. The Kier molecular flexibility index (Phi) is 6.11. The molecule has 0 saturated heterocycles. The van der Waals surface area contributed by atoms with E-state index in [1.165, 1.54) is 62.8 Å². The maximum Gasteiger partial charge on any atom is 0.269 e. The number of halogens is 1. The lowest BCUT2D eigenvalue weighted by molar-refractivity contribution is -0.117. The Labute approximate surface area is 144 Å². The van der Waals surface area contributed by atoms with Gasteiger partial charge in [-0.25, -0.2) is 4.39 Å². The first-order valence-corrected chi connectivity index (χ1v) is 7.29. The van der Waals surface area contributed by atoms with E-state index in [4.69, 9.17) is 9.47 Å². The number of methoxy groups -OCH3 is 2. The lowest BCUT2D eigenvalue weighted by Crippen LogP contribution is -2.40. The fraction of sp³-hybridized carbons (Fsp3) is 0.111. The highest BCUT2D eigenvalue weighted by molar-refractivity contribution is 5.98. The second-order valence-corrected chi connectivity index (χ2v) is 4.90. The second-order valence-electron chi connectivity index (χ2n) is 4.90. The molecule has 2 amide bonds. The monoisotopic (exact) mass is 344 g/mol. The van der Waals surface area contributed by atoms with Gasteiger partial charge in [0.05, 0.1) is 14.2 Å². The van der Waals surface area contributed by atoms with Crippen LogP contribution in [0.5, 0.6) is 11.5 Å². The molecule has 2 N–H and O–H groups in total. The molecule has 130 valence electrons. The number of hydrazine groups is 1. The maximum atomic E-state index is 12.8. The van der Waals surface area contributed by atoms with Crippen LogP contribution < -0.4 is 20.3 Å². The Hall–Kier alpha value is -3.35. The molecule has 0 saturated carbocycles. The minimum absolute atomic E-state index is 0.292. The number of carbonyl (C=O) groups excluding carboxylic acids is 2. The van der Waals surface area contributed by atoms with Crippen molar-refractivity contribution in [3.8, 4) is 11.5 Å². The van der Waals surface area contributed by atoms with Gasteiger partial charge in [0, 0.05) is 11.6 Å². The lowest BCUT2D eigenvalue weighted by atomic mass is 10.2. The van der Waals surface area contributed by atoms with Crippen LogP contribution >= 0.6 is 0 Å². The Morgan fingerprint density at radius 1 is 0.960 bits per heavy atom. The summed E-state index contributed by atoms with van der Waals surface area (Å²) in [6, 6.07) is 10.3. The zero-order chi connectivity index (χ0) is 18.2. The van der Waals surface area contributed by atoms with Gasteiger partial charge in [-0.3, -0.25) is 20.4 Å². The van der Waals surface area contributed by atoms with E-state index in [0.717, 1.165) is 0 Å². The Balaban J connectivity index is 1.92. The molecule has 0 bridgehead atoms. The molecular weight excluding hydrogens is 327 g/mol. The van der Waals surface area contributed by atoms with Crippen molar-refractivity contribution in [2.75, 3.05) is 14.2 Å². The van der Waals surface area contributed by atoms with E-state index in [2.05, 4.69) is 10.9 Å². The summed E-state index contributed by atoms with van der Waals surface area (Å²) in [5.41, 5.74) is 5.49. The zero-order valence-corrected chi connectivity index (χ0v) is 13.7. The van der Waals surface area contributed by atoms with Gasteiger partial charge >= 0.3 is 0 Å². The van der Waals surface area contributed by atoms with Gasteiger partial charge in [0.15, 0.2) is 11.5 Å². The van der Waals surface area contributed by atoms with Crippen molar-refractivity contribution < 1.29 is 23.5 Å². The van der Waals surface area contributed by atoms with Gasteiger partial charge in [-0.05, 0) is 42.0 Å². The van der Waals surface area contributed by atoms with E-state index >= 15 is 0 Å². The summed E-state index contributed by atoms with van der Waals surface area (Å²) < 4.78 is 23.0. The summed E-state index contributed by atoms with van der Waals surface area (Å²) in [4.78, 5) is 23.8. The van der Waals surface area contributed by atoms with Gasteiger partial charge in [0.25, 0.3) is 11.8 Å². The SMILES string of the molecule is COc1ccc(C(=O)NNC(=O)C=Cc2ccc(F)cc2)cc1OC. The molecule has 2 aromatic carbocycles. The summed E-state index contributed by atoms with van der Waals surface area (Å²) in [6.07, 6.45) is 2.72. The van der Waals surface area contributed by atoms with Crippen molar-refractivity contribution in [1.82, 2.24) is 10.9 Å². The molecule has 2 rings (SSSR count). The summed E-state index contributed by atoms with van der Waals surface area (Å²) in [5, 5.41) is 0. The molecule has 0 atom stereocenters. The predicted molar refractivity (Wildman–Crippen MR) is 90.6 cm³/mol. The molecular formula is C18H17FN2O4. The number of rotatable bonds is 5. The van der Waals surface area contributed by atoms with E-state index < -0.39 is 11.8 Å². The first-order valence-electron chi connectivity index (χ1n) is 7.29. The van der Waals surface area contributed by atoms with Crippen LogP contribution in [0.15, 0.2) is 48.5 Å². The first-order chi connectivity index (χ1) is 12.0. The van der Waals surface area contributed by atoms with Crippen LogP contribution in [0.2, 0.25) is 0 Å². The molecule has 0 aliphatic heterocycles. The standard InChI is InChI=1S/C18H17FN2O4/c1-24-15-9-6-13(11-16(15)25-2)18(23)21-20-17(22)10-5-12-3-7-14(19)8-4-12/h3-11H,1-2H3,(H,20,22)(H,21,23). The number of ether oxygens (including phenoxy) is 2. The van der Waals surface area contributed by atoms with Crippen molar-refractivity contribution in [2.45, 2.75) is 0 Å². The third-order valence-electron chi connectivity index (χ3n) is 3.24. The maximum absolute atomic E-state index is 12.8. The van der Waals surface area contributed by atoms with Crippen molar-refractivity contribution in [2.24, 2.45) is 0 Å². The lowest BCUT2D eigenvalue weighted by Gasteiger charge is -2.10. The first kappa shape index (κ1) is 18.0. The normalized spacial score (nSPS) is 10.4. The van der Waals surface area contributed by atoms with E-state index in [1.807, 2.05) is 0 Å². The highest BCUT2D eigenvalue weighted by atomic mass is 19.1. The van der Waals surface area contributed by atoms with Crippen LogP contribution in [0.3, 0.4) is 0 Å². The van der Waals surface area contributed by atoms with Gasteiger partial charge in [0.1, 0.15) is 5.82 Å². The number of carbonyl (C=O) groups is 2. The molecule has 7 heteroatoms. The largest absolute Gasteiger partial charge is 0.493 e. The molecule has 25 heavy (non-hydrogen) atoms. The number of amides is 2. The molecule has 2 aromatic rings. The topological polar surface area (TPSA) is 76.7 Å². The minimum atomic E-state index is -0.529. The molecule has 0 radical (unpaired) electrons. The van der Waals surface area contributed by atoms with Crippen molar-refractivity contribution in [1.29, 1.82) is 0 Å². The van der Waals surface area contributed by atoms with Gasteiger partial charge in [-0.1, -0.05) is 12.1 Å². The van der Waals surface area contributed by atoms with Crippen LogP contribution in [0.4, 0.5) is 4.39 Å². The summed E-state index contributed by atoms with van der Waals surface area (Å²) in [7, 11) is 2.95. The van der Waals surface area contributed by atoms with E-state index in [1.54, 1.807) is 6.07 Å².